The molecule has 2 aliphatic rings. The van der Waals surface area contributed by atoms with Gasteiger partial charge in [-0.15, -0.1) is 0 Å². The van der Waals surface area contributed by atoms with Crippen LogP contribution < -0.4 is 40.4 Å². The van der Waals surface area contributed by atoms with Crippen molar-refractivity contribution in [1.29, 1.82) is 0 Å². The molecule has 3 N–H and O–H groups in total. The van der Waals surface area contributed by atoms with Crippen molar-refractivity contribution in [3.8, 4) is 0 Å². The second kappa shape index (κ2) is 8.63. The Morgan fingerprint density at radius 1 is 1.17 bits per heavy atom. The van der Waals surface area contributed by atoms with E-state index in [0.29, 0.717) is 0 Å². The first-order chi connectivity index (χ1) is 7.43. The molecule has 0 spiro atoms. The molecule has 0 aliphatic heterocycles. The number of carboxylic acid groups (broad SMARTS) is 2. The Hall–Kier alpha value is -0.430. The fourth-order valence-corrected chi connectivity index (χ4v) is 1.17. The van der Waals surface area contributed by atoms with Gasteiger partial charge in [0.2, 0.25) is 0 Å². The quantitative estimate of drug-likeness (QED) is 0.397. The van der Waals surface area contributed by atoms with Crippen LogP contribution in [0.3, 0.4) is 0 Å². The van der Waals surface area contributed by atoms with Crippen LogP contribution in [0.4, 0.5) is 0 Å². The predicted octanol–water partition coefficient (Wildman–Crippen LogP) is -3.84. The molecule has 2 saturated carbocycles. The molecule has 6 nitrogen and oxygen atoms in total. The van der Waals surface area contributed by atoms with Gasteiger partial charge in [-0.2, -0.15) is 0 Å². The molecule has 0 bridgehead atoms. The number of aliphatic carboxylic acids is 2. The summed E-state index contributed by atoms with van der Waals surface area (Å²) in [5.74, 6) is -3.07. The smallest absolute Gasteiger partial charge is 0.542 e. The van der Waals surface area contributed by atoms with E-state index in [9.17, 15) is 19.5 Å². The fraction of sp³-hybridized carbons (Fsp3) is 0.727. The fourth-order valence-electron chi connectivity index (χ4n) is 1.17. The third-order valence-corrected chi connectivity index (χ3v) is 2.56. The summed E-state index contributed by atoms with van der Waals surface area (Å²) in [6.07, 6.45) is 3.44. The van der Waals surface area contributed by atoms with Crippen molar-refractivity contribution in [2.24, 2.45) is 17.6 Å². The maximum absolute atomic E-state index is 10.2. The van der Waals surface area contributed by atoms with Crippen molar-refractivity contribution < 1.29 is 54.2 Å². The van der Waals surface area contributed by atoms with Crippen molar-refractivity contribution in [3.05, 3.63) is 0 Å². The van der Waals surface area contributed by atoms with Gasteiger partial charge in [-0.05, 0) is 31.6 Å². The van der Waals surface area contributed by atoms with Crippen LogP contribution in [0.15, 0.2) is 0 Å². The Labute approximate surface area is 128 Å². The zero-order valence-electron chi connectivity index (χ0n) is 9.72. The molecule has 0 radical (unpaired) electrons. The topological polar surface area (TPSA) is 121 Å². The summed E-state index contributed by atoms with van der Waals surface area (Å²) in [7, 11) is 0. The average molecular weight is 267 g/mol. The Balaban J connectivity index is 0. The average Bonchev–Trinajstić information content (AvgIpc) is 3.03. The molecule has 0 amide bonds. The molecule has 0 heterocycles. The SMILES string of the molecule is C.N[C@H](C(=O)O)C1CC1.O=C([O-])C(=O)C1CC1.[Na+]. The van der Waals surface area contributed by atoms with Crippen molar-refractivity contribution in [1.82, 2.24) is 0 Å². The maximum Gasteiger partial charge on any atom is 1.00 e. The standard InChI is InChI=1S/C5H9NO2.C5H6O3.CH4.Na/c2*6-4(5(7)8)3-1-2-3;;/h3-4H,1-2,6H2,(H,7,8);3H,1-2H2,(H,7,8);1H4;/q;;;+1/p-1/t4-;;;/m0.../s1. The summed E-state index contributed by atoms with van der Waals surface area (Å²) < 4.78 is 0. The van der Waals surface area contributed by atoms with Crippen LogP contribution in [-0.4, -0.2) is 28.9 Å². The van der Waals surface area contributed by atoms with Gasteiger partial charge in [0.25, 0.3) is 0 Å². The zero-order chi connectivity index (χ0) is 12.3. The molecular weight excluding hydrogens is 249 g/mol. The van der Waals surface area contributed by atoms with E-state index < -0.39 is 23.8 Å². The normalized spacial score (nSPS) is 18.1. The van der Waals surface area contributed by atoms with Crippen LogP contribution in [0.2, 0.25) is 0 Å². The van der Waals surface area contributed by atoms with E-state index in [1.54, 1.807) is 0 Å². The van der Waals surface area contributed by atoms with E-state index in [-0.39, 0.29) is 48.8 Å². The molecule has 18 heavy (non-hydrogen) atoms. The second-order valence-corrected chi connectivity index (χ2v) is 4.13. The zero-order valence-corrected chi connectivity index (χ0v) is 11.7. The van der Waals surface area contributed by atoms with E-state index in [4.69, 9.17) is 10.8 Å². The first-order valence-electron chi connectivity index (χ1n) is 5.17. The van der Waals surface area contributed by atoms with Crippen molar-refractivity contribution >= 4 is 17.7 Å². The molecular formula is C11H18NNaO5. The summed E-state index contributed by atoms with van der Waals surface area (Å²) in [6, 6.07) is -0.602. The summed E-state index contributed by atoms with van der Waals surface area (Å²) in [5.41, 5.74) is 5.22. The Kier molecular flexibility index (Phi) is 9.54. The number of hydrogen-bond donors (Lipinski definition) is 2. The van der Waals surface area contributed by atoms with Gasteiger partial charge in [0.05, 0.1) is 0 Å². The molecule has 0 unspecified atom stereocenters. The van der Waals surface area contributed by atoms with Crippen LogP contribution in [0.5, 0.6) is 0 Å². The molecule has 0 aromatic rings. The summed E-state index contributed by atoms with van der Waals surface area (Å²) >= 11 is 0. The monoisotopic (exact) mass is 267 g/mol. The van der Waals surface area contributed by atoms with Crippen LogP contribution >= 0.6 is 0 Å². The summed E-state index contributed by atoms with van der Waals surface area (Å²) in [5, 5.41) is 18.0. The van der Waals surface area contributed by atoms with Crippen molar-refractivity contribution in [2.75, 3.05) is 0 Å². The van der Waals surface area contributed by atoms with Gasteiger partial charge in [-0.1, -0.05) is 7.43 Å². The molecule has 98 valence electrons. The minimum atomic E-state index is -1.53. The third kappa shape index (κ3) is 7.10. The van der Waals surface area contributed by atoms with E-state index in [1.165, 1.54) is 0 Å². The van der Waals surface area contributed by atoms with Gasteiger partial charge in [0.1, 0.15) is 12.0 Å². The van der Waals surface area contributed by atoms with Crippen LogP contribution in [0.25, 0.3) is 0 Å². The van der Waals surface area contributed by atoms with Gasteiger partial charge in [-0.3, -0.25) is 9.59 Å². The van der Waals surface area contributed by atoms with Gasteiger partial charge in [-0.25, -0.2) is 0 Å². The number of carbonyl (C=O) groups excluding carboxylic acids is 2. The van der Waals surface area contributed by atoms with Gasteiger partial charge < -0.3 is 20.7 Å². The number of Topliss-reactive ketones (excluding diaryl/α,β-unsaturated/α-hetero) is 1. The molecule has 2 rings (SSSR count). The summed E-state index contributed by atoms with van der Waals surface area (Å²) in [6.45, 7) is 0. The molecule has 2 aliphatic carbocycles. The summed E-state index contributed by atoms with van der Waals surface area (Å²) in [4.78, 5) is 30.0. The minimum Gasteiger partial charge on any atom is -0.542 e. The van der Waals surface area contributed by atoms with E-state index in [2.05, 4.69) is 0 Å². The first-order valence-corrected chi connectivity index (χ1v) is 5.17. The molecule has 0 aromatic heterocycles. The minimum absolute atomic E-state index is 0. The molecule has 1 atom stereocenters. The molecule has 0 aromatic carbocycles. The predicted molar refractivity (Wildman–Crippen MR) is 57.8 cm³/mol. The Morgan fingerprint density at radius 2 is 1.61 bits per heavy atom. The largest absolute Gasteiger partial charge is 1.00 e. The van der Waals surface area contributed by atoms with Crippen LogP contribution in [0.1, 0.15) is 33.1 Å². The molecule has 7 heteroatoms. The Morgan fingerprint density at radius 3 is 1.72 bits per heavy atom. The van der Waals surface area contributed by atoms with Crippen molar-refractivity contribution in [2.45, 2.75) is 39.2 Å². The number of hydrogen-bond acceptors (Lipinski definition) is 5. The van der Waals surface area contributed by atoms with E-state index in [0.717, 1.165) is 25.7 Å². The number of carboxylic acids is 2. The van der Waals surface area contributed by atoms with Gasteiger partial charge >= 0.3 is 35.5 Å². The van der Waals surface area contributed by atoms with E-state index >= 15 is 0 Å². The number of carbonyl (C=O) groups is 3. The van der Waals surface area contributed by atoms with Crippen LogP contribution in [-0.2, 0) is 14.4 Å². The molecule has 0 saturated heterocycles. The first kappa shape index (κ1) is 19.9. The number of ketones is 1. The van der Waals surface area contributed by atoms with Gasteiger partial charge in [0, 0.05) is 5.92 Å². The third-order valence-electron chi connectivity index (χ3n) is 2.56. The maximum atomic E-state index is 10.2. The number of rotatable bonds is 4. The Bertz CT molecular complexity index is 313. The molecule has 2 fully saturated rings. The van der Waals surface area contributed by atoms with Gasteiger partial charge in [0.15, 0.2) is 5.78 Å². The second-order valence-electron chi connectivity index (χ2n) is 4.13. The number of nitrogens with two attached hydrogens (primary N) is 1. The van der Waals surface area contributed by atoms with E-state index in [1.807, 2.05) is 0 Å². The van der Waals surface area contributed by atoms with Crippen molar-refractivity contribution in [3.63, 3.8) is 0 Å². The van der Waals surface area contributed by atoms with Crippen LogP contribution in [0, 0.1) is 11.8 Å².